The molecule has 8 heteroatoms. The zero-order valence-corrected chi connectivity index (χ0v) is 19.1. The van der Waals surface area contributed by atoms with Crippen LogP contribution in [-0.2, 0) is 16.0 Å². The van der Waals surface area contributed by atoms with Gasteiger partial charge in [-0.05, 0) is 50.7 Å². The molecular weight excluding hydrogens is 412 g/mol. The van der Waals surface area contributed by atoms with Crippen LogP contribution in [-0.4, -0.2) is 82.7 Å². The second-order valence-electron chi connectivity index (χ2n) is 9.05. The number of aliphatic hydroxyl groups excluding tert-OH is 2. The van der Waals surface area contributed by atoms with Crippen molar-refractivity contribution in [2.24, 2.45) is 5.41 Å². The van der Waals surface area contributed by atoms with Crippen LogP contribution in [0.3, 0.4) is 0 Å². The fraction of sp³-hybridized carbons (Fsp3) is 0.500. The number of aliphatic hydroxyl groups is 2. The summed E-state index contributed by atoms with van der Waals surface area (Å²) < 4.78 is 0. The molecule has 1 aromatic carbocycles. The third-order valence-electron chi connectivity index (χ3n) is 5.71. The third-order valence-corrected chi connectivity index (χ3v) is 5.71. The quantitative estimate of drug-likeness (QED) is 0.500. The molecule has 1 aliphatic heterocycles. The molecule has 0 bridgehead atoms. The van der Waals surface area contributed by atoms with Crippen molar-refractivity contribution in [1.82, 2.24) is 4.90 Å². The maximum Gasteiger partial charge on any atom is 0.335 e. The molecule has 0 saturated heterocycles. The molecule has 3 atom stereocenters. The minimum absolute atomic E-state index is 0.190. The average Bonchev–Trinajstić information content (AvgIpc) is 2.71. The zero-order valence-electron chi connectivity index (χ0n) is 19.1. The molecule has 1 heterocycles. The number of rotatable bonds is 7. The van der Waals surface area contributed by atoms with E-state index >= 15 is 0 Å². The molecule has 3 rings (SSSR count). The predicted molar refractivity (Wildman–Crippen MR) is 123 cm³/mol. The Morgan fingerprint density at radius 1 is 1.12 bits per heavy atom. The van der Waals surface area contributed by atoms with Gasteiger partial charge in [-0.1, -0.05) is 50.3 Å². The highest BCUT2D eigenvalue weighted by atomic mass is 16.4. The van der Waals surface area contributed by atoms with Crippen LogP contribution in [0.5, 0.6) is 0 Å². The number of fused-ring (bicyclic) bond motifs is 2. The van der Waals surface area contributed by atoms with E-state index in [1.807, 2.05) is 0 Å². The number of anilines is 1. The maximum atomic E-state index is 9.77. The van der Waals surface area contributed by atoms with Crippen molar-refractivity contribution in [3.63, 3.8) is 0 Å². The third kappa shape index (κ3) is 6.18. The lowest BCUT2D eigenvalue weighted by molar-refractivity contribution is -0.165. The number of carbonyl (C=O) groups is 2. The Labute approximate surface area is 189 Å². The second-order valence-corrected chi connectivity index (χ2v) is 9.05. The number of nitrogens with zero attached hydrogens (tertiary/aromatic N) is 2. The summed E-state index contributed by atoms with van der Waals surface area (Å²) in [7, 11) is 4.31. The number of hydrogen-bond donors (Lipinski definition) is 4. The summed E-state index contributed by atoms with van der Waals surface area (Å²) in [6.45, 7) is 7.00. The summed E-state index contributed by atoms with van der Waals surface area (Å²) in [6, 6.07) is 9.43. The molecule has 2 aliphatic rings. The number of hydrogen-bond acceptors (Lipinski definition) is 6. The zero-order chi connectivity index (χ0) is 24.1. The van der Waals surface area contributed by atoms with E-state index in [0.29, 0.717) is 6.04 Å². The van der Waals surface area contributed by atoms with Crippen LogP contribution >= 0.6 is 0 Å². The van der Waals surface area contributed by atoms with Crippen LogP contribution < -0.4 is 4.90 Å². The van der Waals surface area contributed by atoms with Crippen molar-refractivity contribution in [2.45, 2.75) is 44.9 Å². The smallest absolute Gasteiger partial charge is 0.335 e. The Kier molecular flexibility index (Phi) is 8.60. The van der Waals surface area contributed by atoms with Gasteiger partial charge < -0.3 is 30.2 Å². The van der Waals surface area contributed by atoms with E-state index in [-0.39, 0.29) is 5.41 Å². The number of carboxylic acids is 2. The normalized spacial score (nSPS) is 20.3. The molecular formula is C24H34N2O6. The molecule has 0 amide bonds. The molecule has 176 valence electrons. The summed E-state index contributed by atoms with van der Waals surface area (Å²) in [5.74, 6) is -3.54. The molecule has 0 radical (unpaired) electrons. The van der Waals surface area contributed by atoms with E-state index in [2.05, 4.69) is 80.2 Å². The predicted octanol–water partition coefficient (Wildman–Crippen LogP) is 1.77. The molecule has 1 aliphatic carbocycles. The first-order chi connectivity index (χ1) is 15.0. The van der Waals surface area contributed by atoms with Crippen LogP contribution in [0.1, 0.15) is 25.8 Å². The van der Waals surface area contributed by atoms with Gasteiger partial charge in [0, 0.05) is 17.6 Å². The number of benzene rings is 1. The Morgan fingerprint density at radius 3 is 2.28 bits per heavy atom. The van der Waals surface area contributed by atoms with Crippen molar-refractivity contribution in [3.05, 3.63) is 53.6 Å². The largest absolute Gasteiger partial charge is 0.479 e. The van der Waals surface area contributed by atoms with E-state index in [1.54, 1.807) is 5.57 Å². The second kappa shape index (κ2) is 10.8. The van der Waals surface area contributed by atoms with Crippen LogP contribution in [0.15, 0.2) is 48.1 Å². The molecule has 0 aromatic heterocycles. The van der Waals surface area contributed by atoms with Gasteiger partial charge in [0.05, 0.1) is 6.04 Å². The van der Waals surface area contributed by atoms with E-state index in [9.17, 15) is 9.59 Å². The van der Waals surface area contributed by atoms with Gasteiger partial charge in [-0.3, -0.25) is 0 Å². The lowest BCUT2D eigenvalue weighted by atomic mass is 9.72. The molecule has 32 heavy (non-hydrogen) atoms. The lowest BCUT2D eigenvalue weighted by Crippen LogP contribution is -2.50. The van der Waals surface area contributed by atoms with Crippen LogP contribution in [0.4, 0.5) is 5.69 Å². The summed E-state index contributed by atoms with van der Waals surface area (Å²) in [6.07, 6.45) is 4.72. The number of carboxylic acid groups (broad SMARTS) is 2. The number of aliphatic carboxylic acids is 2. The van der Waals surface area contributed by atoms with Gasteiger partial charge in [-0.25, -0.2) is 9.59 Å². The van der Waals surface area contributed by atoms with Gasteiger partial charge in [-0.15, -0.1) is 0 Å². The molecule has 4 N–H and O–H groups in total. The molecule has 1 aromatic rings. The van der Waals surface area contributed by atoms with Crippen molar-refractivity contribution in [1.29, 1.82) is 0 Å². The first-order valence-electron chi connectivity index (χ1n) is 10.6. The van der Waals surface area contributed by atoms with Gasteiger partial charge in [0.15, 0.2) is 12.2 Å². The summed E-state index contributed by atoms with van der Waals surface area (Å²) >= 11 is 0. The molecule has 0 spiro atoms. The summed E-state index contributed by atoms with van der Waals surface area (Å²) in [5, 5.41) is 32.5. The standard InChI is InChI=1S/C20H28N2.C4H6O6/c1-20(2)12-7-10-17-15-16-9-5-6-11-18(16)22(19(17)20)14-8-13-21(3)4;5-1(3(7)8)2(6)4(9)10/h5-7,9-12,19H,8,13-15H2,1-4H3;1-2,5-6H,(H,7,8)(H,9,10). The van der Waals surface area contributed by atoms with E-state index in [1.165, 1.54) is 17.7 Å². The fourth-order valence-corrected chi connectivity index (χ4v) is 4.21. The number of allylic oxidation sites excluding steroid dienone is 2. The lowest BCUT2D eigenvalue weighted by Gasteiger charge is -2.48. The Bertz CT molecular complexity index is 859. The monoisotopic (exact) mass is 446 g/mol. The Balaban J connectivity index is 0.000000309. The van der Waals surface area contributed by atoms with E-state index in [4.69, 9.17) is 20.4 Å². The molecule has 0 saturated carbocycles. The summed E-state index contributed by atoms with van der Waals surface area (Å²) in [5.41, 5.74) is 4.67. The van der Waals surface area contributed by atoms with Gasteiger partial charge in [-0.2, -0.15) is 0 Å². The van der Waals surface area contributed by atoms with Crippen LogP contribution in [0.25, 0.3) is 0 Å². The fourth-order valence-electron chi connectivity index (χ4n) is 4.21. The SMILES string of the molecule is CN(C)CCCN1c2ccccc2CC2=CC=CC(C)(C)C21.O=C(O)C(O)C(O)C(=O)O. The van der Waals surface area contributed by atoms with Gasteiger partial charge in [0.25, 0.3) is 0 Å². The van der Waals surface area contributed by atoms with Gasteiger partial charge in [0.1, 0.15) is 0 Å². The average molecular weight is 447 g/mol. The van der Waals surface area contributed by atoms with Gasteiger partial charge >= 0.3 is 11.9 Å². The first-order valence-corrected chi connectivity index (χ1v) is 10.6. The van der Waals surface area contributed by atoms with Crippen molar-refractivity contribution in [3.8, 4) is 0 Å². The van der Waals surface area contributed by atoms with E-state index < -0.39 is 24.1 Å². The van der Waals surface area contributed by atoms with Crippen molar-refractivity contribution >= 4 is 17.6 Å². The van der Waals surface area contributed by atoms with Crippen LogP contribution in [0.2, 0.25) is 0 Å². The molecule has 3 unspecified atom stereocenters. The minimum atomic E-state index is -2.27. The molecule has 8 nitrogen and oxygen atoms in total. The number of para-hydroxylation sites is 1. The Morgan fingerprint density at radius 2 is 1.72 bits per heavy atom. The molecule has 0 fully saturated rings. The van der Waals surface area contributed by atoms with E-state index in [0.717, 1.165) is 19.5 Å². The van der Waals surface area contributed by atoms with Crippen molar-refractivity contribution < 1.29 is 30.0 Å². The summed E-state index contributed by atoms with van der Waals surface area (Å²) in [4.78, 5) is 24.5. The minimum Gasteiger partial charge on any atom is -0.479 e. The topological polar surface area (TPSA) is 122 Å². The van der Waals surface area contributed by atoms with Crippen molar-refractivity contribution in [2.75, 3.05) is 32.1 Å². The highest BCUT2D eigenvalue weighted by molar-refractivity contribution is 5.83. The van der Waals surface area contributed by atoms with Gasteiger partial charge in [0.2, 0.25) is 0 Å². The van der Waals surface area contributed by atoms with Crippen LogP contribution in [0, 0.1) is 5.41 Å². The highest BCUT2D eigenvalue weighted by Crippen LogP contribution is 2.43. The highest BCUT2D eigenvalue weighted by Gasteiger charge is 2.39. The first kappa shape index (κ1) is 25.6. The Hall–Kier alpha value is -2.68. The maximum absolute atomic E-state index is 9.77.